The molecule has 0 saturated heterocycles. The van der Waals surface area contributed by atoms with E-state index in [2.05, 4.69) is 36.2 Å². The van der Waals surface area contributed by atoms with Gasteiger partial charge in [-0.3, -0.25) is 4.98 Å². The molecule has 6 heteroatoms. The Morgan fingerprint density at radius 1 is 1.38 bits per heavy atom. The zero-order valence-corrected chi connectivity index (χ0v) is 10.1. The first kappa shape index (κ1) is 10.8. The second-order valence-electron chi connectivity index (χ2n) is 2.91. The molecule has 82 valence electrons. The van der Waals surface area contributed by atoms with Gasteiger partial charge in [0.1, 0.15) is 5.75 Å². The molecular weight excluding hydrogens is 272 g/mol. The first-order valence-electron chi connectivity index (χ1n) is 4.57. The summed E-state index contributed by atoms with van der Waals surface area (Å²) in [6.07, 6.45) is 4.93. The summed E-state index contributed by atoms with van der Waals surface area (Å²) >= 11 is 3.32. The summed E-state index contributed by atoms with van der Waals surface area (Å²) in [6.45, 7) is 0. The first-order chi connectivity index (χ1) is 7.78. The monoisotopic (exact) mass is 280 g/mol. The van der Waals surface area contributed by atoms with Gasteiger partial charge in [-0.2, -0.15) is 4.98 Å². The van der Waals surface area contributed by atoms with E-state index < -0.39 is 0 Å². The van der Waals surface area contributed by atoms with Crippen molar-refractivity contribution in [2.75, 3.05) is 12.4 Å². The van der Waals surface area contributed by atoms with E-state index in [1.54, 1.807) is 31.7 Å². The molecular formula is C10H9BrN4O. The van der Waals surface area contributed by atoms with Gasteiger partial charge >= 0.3 is 0 Å². The van der Waals surface area contributed by atoms with E-state index in [-0.39, 0.29) is 0 Å². The second kappa shape index (κ2) is 4.89. The molecule has 2 heterocycles. The van der Waals surface area contributed by atoms with Gasteiger partial charge < -0.3 is 10.1 Å². The molecule has 0 aliphatic heterocycles. The Balaban J connectivity index is 2.20. The van der Waals surface area contributed by atoms with Crippen LogP contribution in [0.3, 0.4) is 0 Å². The van der Waals surface area contributed by atoms with Crippen molar-refractivity contribution >= 4 is 21.9 Å². The lowest BCUT2D eigenvalue weighted by atomic mass is 10.5. The molecule has 0 bridgehead atoms. The van der Waals surface area contributed by atoms with Crippen molar-refractivity contribution in [3.8, 4) is 11.6 Å². The van der Waals surface area contributed by atoms with Crippen LogP contribution in [0.5, 0.6) is 11.6 Å². The lowest BCUT2D eigenvalue weighted by Crippen LogP contribution is -1.97. The molecule has 2 aromatic heterocycles. The number of ether oxygens (including phenoxy) is 1. The van der Waals surface area contributed by atoms with Gasteiger partial charge in [0.15, 0.2) is 0 Å². The highest BCUT2D eigenvalue weighted by Crippen LogP contribution is 2.21. The summed E-state index contributed by atoms with van der Waals surface area (Å²) in [5, 5.41) is 2.84. The van der Waals surface area contributed by atoms with E-state index in [4.69, 9.17) is 4.74 Å². The van der Waals surface area contributed by atoms with Crippen molar-refractivity contribution < 1.29 is 4.74 Å². The normalized spacial score (nSPS) is 9.88. The molecule has 0 saturated carbocycles. The van der Waals surface area contributed by atoms with Crippen molar-refractivity contribution in [1.29, 1.82) is 0 Å². The topological polar surface area (TPSA) is 59.9 Å². The van der Waals surface area contributed by atoms with Gasteiger partial charge in [0, 0.05) is 30.0 Å². The second-order valence-corrected chi connectivity index (χ2v) is 3.83. The maximum absolute atomic E-state index is 5.52. The van der Waals surface area contributed by atoms with E-state index in [1.807, 2.05) is 6.07 Å². The number of anilines is 1. The third-order valence-corrected chi connectivity index (χ3v) is 2.19. The third kappa shape index (κ3) is 2.66. The summed E-state index contributed by atoms with van der Waals surface area (Å²) in [4.78, 5) is 12.1. The quantitative estimate of drug-likeness (QED) is 0.936. The molecule has 0 amide bonds. The lowest BCUT2D eigenvalue weighted by molar-refractivity contribution is 0.460. The van der Waals surface area contributed by atoms with Crippen LogP contribution in [-0.4, -0.2) is 22.0 Å². The van der Waals surface area contributed by atoms with Crippen LogP contribution in [0.1, 0.15) is 0 Å². The SMILES string of the molecule is CNc1nccc(Oc2cncc(Br)c2)n1. The fourth-order valence-corrected chi connectivity index (χ4v) is 1.43. The fourth-order valence-electron chi connectivity index (χ4n) is 1.09. The number of nitrogens with zero attached hydrogens (tertiary/aromatic N) is 3. The lowest BCUT2D eigenvalue weighted by Gasteiger charge is -2.05. The van der Waals surface area contributed by atoms with Crippen LogP contribution in [0.2, 0.25) is 0 Å². The summed E-state index contributed by atoms with van der Waals surface area (Å²) in [6, 6.07) is 3.50. The molecule has 1 N–H and O–H groups in total. The van der Waals surface area contributed by atoms with Gasteiger partial charge in [-0.15, -0.1) is 0 Å². The number of pyridine rings is 1. The highest BCUT2D eigenvalue weighted by molar-refractivity contribution is 9.10. The summed E-state index contributed by atoms with van der Waals surface area (Å²) in [5.41, 5.74) is 0. The van der Waals surface area contributed by atoms with Crippen LogP contribution in [0.15, 0.2) is 35.2 Å². The van der Waals surface area contributed by atoms with E-state index in [0.29, 0.717) is 17.6 Å². The largest absolute Gasteiger partial charge is 0.437 e. The standard InChI is InChI=1S/C10H9BrN4O/c1-12-10-14-3-2-9(15-10)16-8-4-7(11)5-13-6-8/h2-6H,1H3,(H,12,14,15). The Kier molecular flexibility index (Phi) is 3.31. The smallest absolute Gasteiger partial charge is 0.225 e. The summed E-state index contributed by atoms with van der Waals surface area (Å²) in [5.74, 6) is 1.61. The minimum Gasteiger partial charge on any atom is -0.437 e. The molecule has 0 radical (unpaired) electrons. The van der Waals surface area contributed by atoms with Crippen LogP contribution in [0.25, 0.3) is 0 Å². The molecule has 0 aliphatic carbocycles. The van der Waals surface area contributed by atoms with Gasteiger partial charge in [-0.1, -0.05) is 0 Å². The van der Waals surface area contributed by atoms with Crippen LogP contribution in [0.4, 0.5) is 5.95 Å². The van der Waals surface area contributed by atoms with E-state index in [1.165, 1.54) is 0 Å². The molecule has 0 atom stereocenters. The summed E-state index contributed by atoms with van der Waals surface area (Å²) < 4.78 is 6.37. The van der Waals surface area contributed by atoms with Crippen molar-refractivity contribution in [3.05, 3.63) is 35.2 Å². The Labute approximate surface area is 101 Å². The Hall–Kier alpha value is -1.69. The highest BCUT2D eigenvalue weighted by Gasteiger charge is 2.01. The summed E-state index contributed by atoms with van der Waals surface area (Å²) in [7, 11) is 1.75. The molecule has 2 rings (SSSR count). The predicted molar refractivity (Wildman–Crippen MR) is 63.6 cm³/mol. The first-order valence-corrected chi connectivity index (χ1v) is 5.36. The van der Waals surface area contributed by atoms with Crippen molar-refractivity contribution in [3.63, 3.8) is 0 Å². The van der Waals surface area contributed by atoms with E-state index >= 15 is 0 Å². The van der Waals surface area contributed by atoms with Gasteiger partial charge in [0.05, 0.1) is 6.20 Å². The molecule has 0 spiro atoms. The number of hydrogen-bond donors (Lipinski definition) is 1. The molecule has 0 aromatic carbocycles. The predicted octanol–water partition coefficient (Wildman–Crippen LogP) is 2.47. The van der Waals surface area contributed by atoms with Gasteiger partial charge in [0.2, 0.25) is 11.8 Å². The Morgan fingerprint density at radius 2 is 2.25 bits per heavy atom. The van der Waals surface area contributed by atoms with Crippen molar-refractivity contribution in [1.82, 2.24) is 15.0 Å². The van der Waals surface area contributed by atoms with Crippen molar-refractivity contribution in [2.45, 2.75) is 0 Å². The number of halogens is 1. The molecule has 16 heavy (non-hydrogen) atoms. The molecule has 0 aliphatic rings. The van der Waals surface area contributed by atoms with E-state index in [9.17, 15) is 0 Å². The minimum atomic E-state index is 0.472. The van der Waals surface area contributed by atoms with Crippen LogP contribution < -0.4 is 10.1 Å². The molecule has 5 nitrogen and oxygen atoms in total. The number of rotatable bonds is 3. The number of nitrogens with one attached hydrogen (secondary N) is 1. The Morgan fingerprint density at radius 3 is 3.00 bits per heavy atom. The Bertz CT molecular complexity index is 492. The molecule has 0 unspecified atom stereocenters. The van der Waals surface area contributed by atoms with E-state index in [0.717, 1.165) is 4.47 Å². The van der Waals surface area contributed by atoms with Crippen LogP contribution in [-0.2, 0) is 0 Å². The zero-order chi connectivity index (χ0) is 11.4. The van der Waals surface area contributed by atoms with Gasteiger partial charge in [0.25, 0.3) is 0 Å². The minimum absolute atomic E-state index is 0.472. The molecule has 0 fully saturated rings. The number of aromatic nitrogens is 3. The van der Waals surface area contributed by atoms with Crippen molar-refractivity contribution in [2.24, 2.45) is 0 Å². The highest BCUT2D eigenvalue weighted by atomic mass is 79.9. The average Bonchev–Trinajstić information content (AvgIpc) is 2.29. The van der Waals surface area contributed by atoms with Crippen LogP contribution in [0, 0.1) is 0 Å². The fraction of sp³-hybridized carbons (Fsp3) is 0.100. The maximum atomic E-state index is 5.52. The van der Waals surface area contributed by atoms with Crippen LogP contribution >= 0.6 is 15.9 Å². The zero-order valence-electron chi connectivity index (χ0n) is 8.51. The van der Waals surface area contributed by atoms with Gasteiger partial charge in [-0.05, 0) is 22.0 Å². The average molecular weight is 281 g/mol. The maximum Gasteiger partial charge on any atom is 0.225 e. The molecule has 2 aromatic rings. The third-order valence-electron chi connectivity index (χ3n) is 1.76. The number of hydrogen-bond acceptors (Lipinski definition) is 5. The van der Waals surface area contributed by atoms with Gasteiger partial charge in [-0.25, -0.2) is 4.98 Å².